The van der Waals surface area contributed by atoms with E-state index >= 15 is 8.96 Å². The lowest BCUT2D eigenvalue weighted by atomic mass is 9.95. The SMILES string of the molecule is Cc1c(S(C)(=O)=O)c(-c2cc(F)cc(N3CCN(c4ccc(N5CCO[P@@]5(=O)c5ccc(C[C@H](CCN6CCC(CO)CC6)CSc6ccccc6)c(S(=O)(=O)C(F)(F)F)c5)cc4)CC3)c2)c(-c2ccc(Cl)cc2)n1C(C)C. The van der Waals surface area contributed by atoms with Gasteiger partial charge in [0, 0.05) is 89.1 Å². The van der Waals surface area contributed by atoms with Crippen molar-refractivity contribution in [2.75, 3.05) is 92.1 Å². The lowest BCUT2D eigenvalue weighted by molar-refractivity contribution is -0.0436. The van der Waals surface area contributed by atoms with Gasteiger partial charge in [-0.15, -0.1) is 11.8 Å². The molecule has 3 aliphatic rings. The molecule has 1 aromatic heterocycles. The van der Waals surface area contributed by atoms with E-state index in [4.69, 9.17) is 16.1 Å². The number of sulfone groups is 2. The number of hydrogen-bond acceptors (Lipinski definition) is 11. The number of nitrogens with zero attached hydrogens (tertiary/aromatic N) is 5. The van der Waals surface area contributed by atoms with Crippen molar-refractivity contribution in [3.63, 3.8) is 0 Å². The van der Waals surface area contributed by atoms with Crippen molar-refractivity contribution in [3.8, 4) is 22.4 Å². The summed E-state index contributed by atoms with van der Waals surface area (Å²) in [6.45, 7) is 10.3. The fourth-order valence-corrected chi connectivity index (χ4v) is 16.9. The number of benzene rings is 5. The first kappa shape index (κ1) is 57.8. The Morgan fingerprint density at radius 2 is 1.44 bits per heavy atom. The summed E-state index contributed by atoms with van der Waals surface area (Å²) in [5, 5.41) is 10.0. The second-order valence-electron chi connectivity index (χ2n) is 20.7. The molecule has 3 fully saturated rings. The fraction of sp³-hybridized carbons (Fsp3) is 0.404. The van der Waals surface area contributed by atoms with Crippen LogP contribution < -0.4 is 19.8 Å². The van der Waals surface area contributed by atoms with E-state index in [1.54, 1.807) is 43.0 Å². The number of hydrogen-bond donors (Lipinski definition) is 1. The molecule has 78 heavy (non-hydrogen) atoms. The topological polar surface area (TPSA) is 133 Å². The van der Waals surface area contributed by atoms with Crippen molar-refractivity contribution >= 4 is 72.9 Å². The molecular formula is C57H65ClF4N5O7PS3. The van der Waals surface area contributed by atoms with Gasteiger partial charge in [-0.2, -0.15) is 13.2 Å². The molecule has 0 bridgehead atoms. The number of piperidine rings is 1. The molecule has 0 spiro atoms. The third-order valence-electron chi connectivity index (χ3n) is 15.1. The predicted molar refractivity (Wildman–Crippen MR) is 305 cm³/mol. The van der Waals surface area contributed by atoms with Crippen LogP contribution in [0.5, 0.6) is 0 Å². The summed E-state index contributed by atoms with van der Waals surface area (Å²) in [6.07, 6.45) is 3.50. The average molecular weight is 1170 g/mol. The molecule has 0 saturated carbocycles. The Kier molecular flexibility index (Phi) is 17.6. The molecule has 3 saturated heterocycles. The summed E-state index contributed by atoms with van der Waals surface area (Å²) in [4.78, 5) is 6.66. The van der Waals surface area contributed by atoms with Crippen molar-refractivity contribution < 1.29 is 48.6 Å². The van der Waals surface area contributed by atoms with Crippen molar-refractivity contribution in [1.82, 2.24) is 9.47 Å². The number of thioether (sulfide) groups is 1. The maximum Gasteiger partial charge on any atom is 0.501 e. The van der Waals surface area contributed by atoms with E-state index in [0.29, 0.717) is 83.8 Å². The predicted octanol–water partition coefficient (Wildman–Crippen LogP) is 11.9. The van der Waals surface area contributed by atoms with Crippen LogP contribution in [0.1, 0.15) is 50.4 Å². The lowest BCUT2D eigenvalue weighted by Crippen LogP contribution is -2.46. The largest absolute Gasteiger partial charge is 0.501 e. The van der Waals surface area contributed by atoms with Crippen molar-refractivity contribution in [2.24, 2.45) is 11.8 Å². The Bertz CT molecular complexity index is 3370. The van der Waals surface area contributed by atoms with Crippen LogP contribution in [0.2, 0.25) is 5.02 Å². The molecule has 9 rings (SSSR count). The van der Waals surface area contributed by atoms with Gasteiger partial charge in [-0.05, 0) is 173 Å². The van der Waals surface area contributed by atoms with Crippen LogP contribution in [0.25, 0.3) is 22.4 Å². The fourth-order valence-electron chi connectivity index (χ4n) is 11.2. The Morgan fingerprint density at radius 1 is 0.795 bits per heavy atom. The Labute approximate surface area is 464 Å². The zero-order chi connectivity index (χ0) is 55.7. The number of halogens is 5. The average Bonchev–Trinajstić information content (AvgIpc) is 4.11. The molecule has 12 nitrogen and oxygen atoms in total. The molecule has 21 heteroatoms. The van der Waals surface area contributed by atoms with Gasteiger partial charge in [-0.25, -0.2) is 21.2 Å². The second kappa shape index (κ2) is 23.7. The maximum absolute atomic E-state index is 15.9. The summed E-state index contributed by atoms with van der Waals surface area (Å²) in [5.41, 5.74) is -0.961. The molecular weight excluding hydrogens is 1110 g/mol. The first-order valence-electron chi connectivity index (χ1n) is 26.2. The number of anilines is 3. The van der Waals surface area contributed by atoms with E-state index in [-0.39, 0.29) is 59.8 Å². The smallest absolute Gasteiger partial charge is 0.396 e. The molecule has 1 N–H and O–H groups in total. The van der Waals surface area contributed by atoms with Crippen molar-refractivity contribution in [3.05, 3.63) is 137 Å². The van der Waals surface area contributed by atoms with Gasteiger partial charge in [-0.1, -0.05) is 48.0 Å². The minimum Gasteiger partial charge on any atom is -0.396 e. The number of alkyl halides is 3. The van der Waals surface area contributed by atoms with E-state index in [1.165, 1.54) is 35.2 Å². The lowest BCUT2D eigenvalue weighted by Gasteiger charge is -2.37. The standard InChI is InChI=1S/C57H65ClF4N5O7PS3/c1-39(2)67-40(3)56(77(4,70)71)54(55(67)43-10-13-46(58)14-11-43)45-33-47(59)35-50(34-45)65-28-26-64(27-29-65)48-15-17-49(18-16-48)66-30-31-74-75(66,69)51-19-12-44(53(36-51)78(72,73)57(60,61)62)32-42(38-76-52-8-6-5-7-9-52)22-25-63-23-20-41(37-68)21-24-63/h5-19,33-36,39,41-42,68H,20-32,37-38H2,1-4H3/t42-,75-/m0/s1. The monoisotopic (exact) mass is 1170 g/mol. The summed E-state index contributed by atoms with van der Waals surface area (Å²) >= 11 is 7.83. The minimum absolute atomic E-state index is 0.00541. The van der Waals surface area contributed by atoms with Crippen LogP contribution in [0.4, 0.5) is 34.6 Å². The Balaban J connectivity index is 0.935. The summed E-state index contributed by atoms with van der Waals surface area (Å²) < 4.78 is 138. The number of aromatic nitrogens is 1. The normalized spacial score (nSPS) is 18.6. The van der Waals surface area contributed by atoms with Gasteiger partial charge in [0.25, 0.3) is 9.84 Å². The summed E-state index contributed by atoms with van der Waals surface area (Å²) in [5.74, 6) is 0.0331. The summed E-state index contributed by atoms with van der Waals surface area (Å²) in [6, 6.07) is 32.2. The van der Waals surface area contributed by atoms with Crippen LogP contribution in [-0.2, 0) is 35.2 Å². The highest BCUT2D eigenvalue weighted by atomic mass is 35.5. The molecule has 0 amide bonds. The van der Waals surface area contributed by atoms with Crippen molar-refractivity contribution in [1.29, 1.82) is 0 Å². The second-order valence-corrected chi connectivity index (χ2v) is 28.4. The first-order chi connectivity index (χ1) is 37.0. The Morgan fingerprint density at radius 3 is 2.05 bits per heavy atom. The van der Waals surface area contributed by atoms with Gasteiger partial charge < -0.3 is 28.9 Å². The third-order valence-corrected chi connectivity index (χ3v) is 22.0. The molecule has 0 radical (unpaired) electrons. The van der Waals surface area contributed by atoms with E-state index in [0.717, 1.165) is 48.1 Å². The van der Waals surface area contributed by atoms with Crippen LogP contribution in [-0.4, -0.2) is 114 Å². The van der Waals surface area contributed by atoms with E-state index in [1.807, 2.05) is 79.1 Å². The van der Waals surface area contributed by atoms with E-state index < -0.39 is 43.4 Å². The molecule has 2 atom stereocenters. The van der Waals surface area contributed by atoms with Gasteiger partial charge in [0.1, 0.15) is 5.82 Å². The zero-order valence-corrected chi connectivity index (χ0v) is 48.1. The molecule has 3 aliphatic heterocycles. The maximum atomic E-state index is 15.9. The highest BCUT2D eigenvalue weighted by Crippen LogP contribution is 2.56. The van der Waals surface area contributed by atoms with Gasteiger partial charge in [-0.3, -0.25) is 9.24 Å². The molecule has 0 aliphatic carbocycles. The summed E-state index contributed by atoms with van der Waals surface area (Å²) in [7, 11) is -13.8. The van der Waals surface area contributed by atoms with Gasteiger partial charge >= 0.3 is 13.0 Å². The van der Waals surface area contributed by atoms with Crippen LogP contribution in [0, 0.1) is 24.6 Å². The van der Waals surface area contributed by atoms with Crippen LogP contribution in [0.3, 0.4) is 0 Å². The van der Waals surface area contributed by atoms with Crippen LogP contribution >= 0.6 is 30.9 Å². The number of aliphatic hydroxyl groups excluding tert-OH is 1. The van der Waals surface area contributed by atoms with E-state index in [2.05, 4.69) is 14.7 Å². The highest BCUT2D eigenvalue weighted by molar-refractivity contribution is 7.99. The molecule has 6 aromatic rings. The number of aliphatic hydroxyl groups is 1. The minimum atomic E-state index is -5.90. The quantitative estimate of drug-likeness (QED) is 0.0499. The van der Waals surface area contributed by atoms with Crippen LogP contribution in [0.15, 0.2) is 130 Å². The zero-order valence-electron chi connectivity index (χ0n) is 44.0. The highest BCUT2D eigenvalue weighted by Gasteiger charge is 2.49. The van der Waals surface area contributed by atoms with E-state index in [9.17, 15) is 35.1 Å². The number of likely N-dealkylation sites (tertiary alicyclic amines) is 1. The first-order valence-corrected chi connectivity index (χ1v) is 32.5. The third kappa shape index (κ3) is 12.4. The number of rotatable bonds is 18. The van der Waals surface area contributed by atoms with Crippen molar-refractivity contribution in [2.45, 2.75) is 72.7 Å². The number of piperazine rings is 1. The Hall–Kier alpha value is -4.85. The van der Waals surface area contributed by atoms with Gasteiger partial charge in [0.05, 0.1) is 33.9 Å². The molecule has 4 heterocycles. The van der Waals surface area contributed by atoms with Gasteiger partial charge in [0.2, 0.25) is 0 Å². The molecule has 418 valence electrons. The molecule has 5 aromatic carbocycles. The van der Waals surface area contributed by atoms with Gasteiger partial charge in [0.15, 0.2) is 9.84 Å². The molecule has 0 unspecified atom stereocenters.